The van der Waals surface area contributed by atoms with Gasteiger partial charge < -0.3 is 19.7 Å². The minimum absolute atomic E-state index is 0.649. The number of anilines is 2. The van der Waals surface area contributed by atoms with Gasteiger partial charge in [0.15, 0.2) is 5.82 Å². The van der Waals surface area contributed by atoms with Crippen molar-refractivity contribution in [2.75, 3.05) is 50.2 Å². The normalized spacial score (nSPS) is 14.6. The standard InChI is InChI=1S/C16H21N5O2/c1-22-14-5-3-2-4-13(14)6-7-17-15-12-18-20-16(19-15)21-8-10-23-11-9-21/h2-5,12H,6-11H2,1H3,(H,17,19,20). The fraction of sp³-hybridized carbons (Fsp3) is 0.438. The third-order valence-electron chi connectivity index (χ3n) is 3.73. The molecule has 0 saturated carbocycles. The Hall–Kier alpha value is -2.41. The highest BCUT2D eigenvalue weighted by Gasteiger charge is 2.14. The van der Waals surface area contributed by atoms with Crippen LogP contribution in [0.25, 0.3) is 0 Å². The van der Waals surface area contributed by atoms with Crippen LogP contribution in [-0.2, 0) is 11.2 Å². The molecule has 1 aromatic heterocycles. The molecule has 0 amide bonds. The SMILES string of the molecule is COc1ccccc1CCNc1cnnc(N2CCOCC2)n1. The molecule has 0 atom stereocenters. The largest absolute Gasteiger partial charge is 0.496 e. The second kappa shape index (κ2) is 7.73. The van der Waals surface area contributed by atoms with Crippen LogP contribution in [0.2, 0.25) is 0 Å². The van der Waals surface area contributed by atoms with Crippen LogP contribution in [0.3, 0.4) is 0 Å². The Morgan fingerprint density at radius 2 is 2.09 bits per heavy atom. The molecule has 7 nitrogen and oxygen atoms in total. The topological polar surface area (TPSA) is 72.4 Å². The number of benzene rings is 1. The van der Waals surface area contributed by atoms with E-state index in [0.717, 1.165) is 43.2 Å². The summed E-state index contributed by atoms with van der Waals surface area (Å²) in [7, 11) is 1.69. The highest BCUT2D eigenvalue weighted by Crippen LogP contribution is 2.18. The van der Waals surface area contributed by atoms with Crippen molar-refractivity contribution in [3.05, 3.63) is 36.0 Å². The molecule has 0 bridgehead atoms. The first-order valence-electron chi connectivity index (χ1n) is 7.75. The first-order chi connectivity index (χ1) is 11.4. The van der Waals surface area contributed by atoms with E-state index in [1.54, 1.807) is 13.3 Å². The minimum Gasteiger partial charge on any atom is -0.496 e. The van der Waals surface area contributed by atoms with Crippen molar-refractivity contribution < 1.29 is 9.47 Å². The summed E-state index contributed by atoms with van der Waals surface area (Å²) in [6, 6.07) is 8.02. The van der Waals surface area contributed by atoms with Crippen molar-refractivity contribution in [1.29, 1.82) is 0 Å². The molecule has 1 aliphatic rings. The summed E-state index contributed by atoms with van der Waals surface area (Å²) in [5, 5.41) is 11.4. The quantitative estimate of drug-likeness (QED) is 0.863. The van der Waals surface area contributed by atoms with Crippen LogP contribution in [0.1, 0.15) is 5.56 Å². The first-order valence-corrected chi connectivity index (χ1v) is 7.75. The number of hydrogen-bond donors (Lipinski definition) is 1. The lowest BCUT2D eigenvalue weighted by molar-refractivity contribution is 0.122. The molecule has 122 valence electrons. The van der Waals surface area contributed by atoms with Crippen molar-refractivity contribution in [3.63, 3.8) is 0 Å². The van der Waals surface area contributed by atoms with Crippen LogP contribution >= 0.6 is 0 Å². The maximum Gasteiger partial charge on any atom is 0.247 e. The van der Waals surface area contributed by atoms with Crippen molar-refractivity contribution >= 4 is 11.8 Å². The molecule has 1 aliphatic heterocycles. The van der Waals surface area contributed by atoms with Crippen LogP contribution in [-0.4, -0.2) is 55.1 Å². The third kappa shape index (κ3) is 4.07. The van der Waals surface area contributed by atoms with Gasteiger partial charge in [0.05, 0.1) is 26.5 Å². The van der Waals surface area contributed by atoms with E-state index in [2.05, 4.69) is 31.5 Å². The van der Waals surface area contributed by atoms with Crippen molar-refractivity contribution in [1.82, 2.24) is 15.2 Å². The lowest BCUT2D eigenvalue weighted by Crippen LogP contribution is -2.37. The lowest BCUT2D eigenvalue weighted by Gasteiger charge is -2.26. The average Bonchev–Trinajstić information content (AvgIpc) is 2.63. The zero-order valence-corrected chi connectivity index (χ0v) is 13.2. The number of ether oxygens (including phenoxy) is 2. The van der Waals surface area contributed by atoms with Crippen LogP contribution in [0.15, 0.2) is 30.5 Å². The summed E-state index contributed by atoms with van der Waals surface area (Å²) in [4.78, 5) is 6.61. The number of aromatic nitrogens is 3. The van der Waals surface area contributed by atoms with Gasteiger partial charge in [-0.15, -0.1) is 5.10 Å². The molecule has 1 fully saturated rings. The van der Waals surface area contributed by atoms with Gasteiger partial charge in [0.25, 0.3) is 0 Å². The zero-order valence-electron chi connectivity index (χ0n) is 13.2. The summed E-state index contributed by atoms with van der Waals surface area (Å²) < 4.78 is 10.7. The maximum atomic E-state index is 5.36. The Kier molecular flexibility index (Phi) is 5.21. The molecule has 7 heteroatoms. The molecule has 0 unspecified atom stereocenters. The molecular formula is C16H21N5O2. The van der Waals surface area contributed by atoms with Gasteiger partial charge in [0.1, 0.15) is 5.75 Å². The van der Waals surface area contributed by atoms with Gasteiger partial charge in [0, 0.05) is 19.6 Å². The molecular weight excluding hydrogens is 294 g/mol. The second-order valence-corrected chi connectivity index (χ2v) is 5.23. The van der Waals surface area contributed by atoms with E-state index in [9.17, 15) is 0 Å². The van der Waals surface area contributed by atoms with Crippen LogP contribution < -0.4 is 15.0 Å². The Balaban J connectivity index is 1.58. The number of nitrogens with one attached hydrogen (secondary N) is 1. The highest BCUT2D eigenvalue weighted by molar-refractivity contribution is 5.40. The number of morpholine rings is 1. The molecule has 0 spiro atoms. The van der Waals surface area contributed by atoms with Crippen molar-refractivity contribution in [2.24, 2.45) is 0 Å². The summed E-state index contributed by atoms with van der Waals surface area (Å²) in [6.45, 7) is 3.75. The molecule has 1 N–H and O–H groups in total. The Morgan fingerprint density at radius 1 is 1.26 bits per heavy atom. The van der Waals surface area contributed by atoms with E-state index in [1.165, 1.54) is 0 Å². The van der Waals surface area contributed by atoms with E-state index < -0.39 is 0 Å². The molecule has 2 heterocycles. The molecule has 2 aromatic rings. The first kappa shape index (κ1) is 15.5. The predicted molar refractivity (Wildman–Crippen MR) is 88.0 cm³/mol. The minimum atomic E-state index is 0.649. The molecule has 0 radical (unpaired) electrons. The van der Waals surface area contributed by atoms with Crippen LogP contribution in [0.5, 0.6) is 5.75 Å². The lowest BCUT2D eigenvalue weighted by atomic mass is 10.1. The maximum absolute atomic E-state index is 5.36. The van der Waals surface area contributed by atoms with E-state index in [4.69, 9.17) is 9.47 Å². The highest BCUT2D eigenvalue weighted by atomic mass is 16.5. The molecule has 1 saturated heterocycles. The summed E-state index contributed by atoms with van der Waals surface area (Å²) in [6.07, 6.45) is 2.49. The summed E-state index contributed by atoms with van der Waals surface area (Å²) >= 11 is 0. The van der Waals surface area contributed by atoms with E-state index in [1.807, 2.05) is 18.2 Å². The van der Waals surface area contributed by atoms with Gasteiger partial charge in [0.2, 0.25) is 5.95 Å². The van der Waals surface area contributed by atoms with Gasteiger partial charge in [-0.05, 0) is 18.1 Å². The van der Waals surface area contributed by atoms with Crippen molar-refractivity contribution in [2.45, 2.75) is 6.42 Å². The summed E-state index contributed by atoms with van der Waals surface area (Å²) in [5.41, 5.74) is 1.16. The fourth-order valence-electron chi connectivity index (χ4n) is 2.51. The smallest absolute Gasteiger partial charge is 0.247 e. The number of nitrogens with zero attached hydrogens (tertiary/aromatic N) is 4. The number of rotatable bonds is 6. The van der Waals surface area contributed by atoms with E-state index >= 15 is 0 Å². The summed E-state index contributed by atoms with van der Waals surface area (Å²) in [5.74, 6) is 2.29. The van der Waals surface area contributed by atoms with E-state index in [-0.39, 0.29) is 0 Å². The molecule has 3 rings (SSSR count). The molecule has 23 heavy (non-hydrogen) atoms. The monoisotopic (exact) mass is 315 g/mol. The Morgan fingerprint density at radius 3 is 2.91 bits per heavy atom. The fourth-order valence-corrected chi connectivity index (χ4v) is 2.51. The van der Waals surface area contributed by atoms with Gasteiger partial charge in [-0.3, -0.25) is 0 Å². The number of methoxy groups -OCH3 is 1. The van der Waals surface area contributed by atoms with Gasteiger partial charge >= 0.3 is 0 Å². The molecule has 0 aliphatic carbocycles. The molecule has 1 aromatic carbocycles. The third-order valence-corrected chi connectivity index (χ3v) is 3.73. The van der Waals surface area contributed by atoms with Crippen molar-refractivity contribution in [3.8, 4) is 5.75 Å². The predicted octanol–water partition coefficient (Wildman–Crippen LogP) is 1.37. The second-order valence-electron chi connectivity index (χ2n) is 5.23. The van der Waals surface area contributed by atoms with Crippen LogP contribution in [0.4, 0.5) is 11.8 Å². The van der Waals surface area contributed by atoms with E-state index in [0.29, 0.717) is 19.2 Å². The zero-order chi connectivity index (χ0) is 15.9. The average molecular weight is 315 g/mol. The van der Waals surface area contributed by atoms with Crippen LogP contribution in [0, 0.1) is 0 Å². The number of hydrogen-bond acceptors (Lipinski definition) is 7. The van der Waals surface area contributed by atoms with Gasteiger partial charge in [-0.2, -0.15) is 10.1 Å². The van der Waals surface area contributed by atoms with Gasteiger partial charge in [-0.25, -0.2) is 0 Å². The Bertz CT molecular complexity index is 631. The van der Waals surface area contributed by atoms with Gasteiger partial charge in [-0.1, -0.05) is 18.2 Å². The number of para-hydroxylation sites is 1. The Labute approximate surface area is 135 Å².